The number of fused-ring (bicyclic) bond motifs is 1. The Morgan fingerprint density at radius 3 is 2.71 bits per heavy atom. The van der Waals surface area contributed by atoms with Crippen LogP contribution in [0.1, 0.15) is 65.4 Å². The van der Waals surface area contributed by atoms with Crippen molar-refractivity contribution < 1.29 is 24.9 Å². The van der Waals surface area contributed by atoms with Crippen LogP contribution in [0.4, 0.5) is 0 Å². The van der Waals surface area contributed by atoms with Crippen LogP contribution in [0.15, 0.2) is 36.4 Å². The maximum Gasteiger partial charge on any atom is 0.256 e. The van der Waals surface area contributed by atoms with E-state index in [4.69, 9.17) is 4.74 Å². The fourth-order valence-electron chi connectivity index (χ4n) is 8.39. The average Bonchev–Trinajstić information content (AvgIpc) is 3.54. The van der Waals surface area contributed by atoms with Gasteiger partial charge in [-0.15, -0.1) is 0 Å². The minimum atomic E-state index is -1.04. The highest BCUT2D eigenvalue weighted by Gasteiger charge is 2.74. The van der Waals surface area contributed by atoms with Gasteiger partial charge in [-0.3, -0.25) is 9.69 Å². The molecule has 0 aromatic heterocycles. The predicted molar refractivity (Wildman–Crippen MR) is 126 cm³/mol. The molecule has 6 aliphatic rings. The molecule has 3 fully saturated rings. The quantitative estimate of drug-likeness (QED) is 0.633. The second kappa shape index (κ2) is 6.58. The smallest absolute Gasteiger partial charge is 0.256 e. The molecule has 2 aromatic rings. The normalized spacial score (nSPS) is 38.8. The Bertz CT molecular complexity index is 1280. The van der Waals surface area contributed by atoms with Crippen molar-refractivity contribution >= 4 is 5.91 Å². The first-order chi connectivity index (χ1) is 16.9. The van der Waals surface area contributed by atoms with Gasteiger partial charge in [0.15, 0.2) is 17.7 Å². The van der Waals surface area contributed by atoms with Crippen molar-refractivity contribution in [2.45, 2.75) is 74.0 Å². The monoisotopic (exact) mass is 474 g/mol. The van der Waals surface area contributed by atoms with Gasteiger partial charge in [0.05, 0.1) is 17.1 Å². The van der Waals surface area contributed by atoms with E-state index in [-0.39, 0.29) is 17.7 Å². The molecular weight excluding hydrogens is 444 g/mol. The number of carbonyl (C=O) groups excluding carboxylic acids is 1. The number of amides is 1. The van der Waals surface area contributed by atoms with Crippen LogP contribution in [0.5, 0.6) is 11.5 Å². The van der Waals surface area contributed by atoms with Crippen LogP contribution >= 0.6 is 0 Å². The molecule has 2 saturated carbocycles. The van der Waals surface area contributed by atoms with Crippen molar-refractivity contribution in [2.24, 2.45) is 5.92 Å². The van der Waals surface area contributed by atoms with Gasteiger partial charge in [-0.1, -0.05) is 24.3 Å². The van der Waals surface area contributed by atoms with E-state index in [0.29, 0.717) is 36.1 Å². The summed E-state index contributed by atoms with van der Waals surface area (Å²) in [5.74, 6) is 1.09. The SMILES string of the molecule is O=C1c2ccccc2C(O)N1[C@@H]1CC[C@@]2(O)[C@H]3Cc4ccc(O)c5c4[C@@]2(CCN3CC2CC2)[C@H]1O5. The van der Waals surface area contributed by atoms with Gasteiger partial charge in [0, 0.05) is 29.3 Å². The number of likely N-dealkylation sites (tertiary alicyclic amines) is 1. The predicted octanol–water partition coefficient (Wildman–Crippen LogP) is 2.47. The number of nitrogens with zero attached hydrogens (tertiary/aromatic N) is 2. The van der Waals surface area contributed by atoms with Gasteiger partial charge in [-0.05, 0) is 68.7 Å². The molecule has 3 N–H and O–H groups in total. The third kappa shape index (κ3) is 2.35. The highest BCUT2D eigenvalue weighted by molar-refractivity contribution is 5.99. The van der Waals surface area contributed by atoms with Crippen molar-refractivity contribution in [1.29, 1.82) is 0 Å². The number of aromatic hydroxyl groups is 1. The molecule has 3 aliphatic heterocycles. The molecule has 8 rings (SSSR count). The molecule has 1 unspecified atom stereocenters. The van der Waals surface area contributed by atoms with Gasteiger partial charge >= 0.3 is 0 Å². The Kier molecular flexibility index (Phi) is 3.87. The summed E-state index contributed by atoms with van der Waals surface area (Å²) in [5.41, 5.74) is 1.50. The molecule has 182 valence electrons. The van der Waals surface area contributed by atoms with Crippen molar-refractivity contribution in [1.82, 2.24) is 9.80 Å². The van der Waals surface area contributed by atoms with Crippen LogP contribution in [0, 0.1) is 5.92 Å². The third-order valence-electron chi connectivity index (χ3n) is 10.1. The minimum Gasteiger partial charge on any atom is -0.504 e. The van der Waals surface area contributed by atoms with Gasteiger partial charge in [0.1, 0.15) is 6.10 Å². The lowest BCUT2D eigenvalue weighted by molar-refractivity contribution is -0.204. The molecule has 1 amide bonds. The number of aliphatic hydroxyl groups excluding tert-OH is 1. The summed E-state index contributed by atoms with van der Waals surface area (Å²) in [6, 6.07) is 10.5. The number of hydrogen-bond donors (Lipinski definition) is 3. The number of piperidine rings is 1. The molecule has 2 aromatic carbocycles. The number of phenolic OH excluding ortho intramolecular Hbond substituents is 1. The molecule has 7 nitrogen and oxygen atoms in total. The molecule has 0 radical (unpaired) electrons. The number of ether oxygens (including phenoxy) is 1. The number of hydrogen-bond acceptors (Lipinski definition) is 6. The van der Waals surface area contributed by atoms with Gasteiger partial charge in [0.2, 0.25) is 0 Å². The summed E-state index contributed by atoms with van der Waals surface area (Å²) >= 11 is 0. The van der Waals surface area contributed by atoms with Gasteiger partial charge in [0.25, 0.3) is 5.91 Å². The second-order valence-corrected chi connectivity index (χ2v) is 11.6. The fraction of sp³-hybridized carbons (Fsp3) is 0.536. The molecule has 35 heavy (non-hydrogen) atoms. The van der Waals surface area contributed by atoms with Crippen molar-refractivity contribution in [3.63, 3.8) is 0 Å². The molecule has 7 heteroatoms. The first-order valence-electron chi connectivity index (χ1n) is 13.0. The van der Waals surface area contributed by atoms with E-state index in [1.54, 1.807) is 23.1 Å². The summed E-state index contributed by atoms with van der Waals surface area (Å²) < 4.78 is 6.59. The van der Waals surface area contributed by atoms with E-state index < -0.39 is 29.4 Å². The van der Waals surface area contributed by atoms with Crippen LogP contribution in [0.25, 0.3) is 0 Å². The van der Waals surface area contributed by atoms with Crippen molar-refractivity contribution in [3.8, 4) is 11.5 Å². The Labute approximate surface area is 203 Å². The van der Waals surface area contributed by atoms with E-state index in [0.717, 1.165) is 36.6 Å². The van der Waals surface area contributed by atoms with E-state index >= 15 is 0 Å². The van der Waals surface area contributed by atoms with Crippen LogP contribution in [0.3, 0.4) is 0 Å². The molecule has 6 atom stereocenters. The zero-order valence-corrected chi connectivity index (χ0v) is 19.6. The number of rotatable bonds is 3. The molecule has 3 heterocycles. The maximum atomic E-state index is 13.5. The Hall–Kier alpha value is -2.61. The lowest BCUT2D eigenvalue weighted by atomic mass is 9.48. The van der Waals surface area contributed by atoms with E-state index in [9.17, 15) is 20.1 Å². The molecule has 1 spiro atoms. The van der Waals surface area contributed by atoms with Gasteiger partial charge in [-0.2, -0.15) is 0 Å². The standard InChI is InChI=1S/C28H30N2O5/c31-20-8-7-16-13-21-28(34)10-9-19(30-25(32)17-3-1-2-4-18(17)26(30)33)24-27(28,22(16)23(20)35-24)11-12-29(21)14-15-5-6-15/h1-4,7-8,15,19,21,24-25,31-32,34H,5-6,9-14H2/t19-,21-,24+,25?,27+,28-/m1/s1. The Balaban J connectivity index is 1.27. The van der Waals surface area contributed by atoms with E-state index in [2.05, 4.69) is 4.90 Å². The van der Waals surface area contributed by atoms with Crippen LogP contribution < -0.4 is 4.74 Å². The molecule has 1 saturated heterocycles. The van der Waals surface area contributed by atoms with Crippen LogP contribution in [0.2, 0.25) is 0 Å². The summed E-state index contributed by atoms with van der Waals surface area (Å²) in [4.78, 5) is 17.6. The molecular formula is C28H30N2O5. The maximum absolute atomic E-state index is 13.5. The Morgan fingerprint density at radius 2 is 1.91 bits per heavy atom. The highest BCUT2D eigenvalue weighted by Crippen LogP contribution is 2.66. The Morgan fingerprint density at radius 1 is 1.09 bits per heavy atom. The fourth-order valence-corrected chi connectivity index (χ4v) is 8.39. The summed E-state index contributed by atoms with van der Waals surface area (Å²) in [6.45, 7) is 1.89. The number of carbonyl (C=O) groups is 1. The minimum absolute atomic E-state index is 0.0108. The first kappa shape index (κ1) is 20.6. The van der Waals surface area contributed by atoms with Crippen LogP contribution in [-0.2, 0) is 11.8 Å². The highest BCUT2D eigenvalue weighted by atomic mass is 16.5. The van der Waals surface area contributed by atoms with Gasteiger partial charge in [-0.25, -0.2) is 0 Å². The van der Waals surface area contributed by atoms with E-state index in [1.165, 1.54) is 12.8 Å². The number of aliphatic hydroxyl groups is 2. The largest absolute Gasteiger partial charge is 0.504 e. The number of phenols is 1. The van der Waals surface area contributed by atoms with Crippen molar-refractivity contribution in [3.05, 3.63) is 58.7 Å². The summed E-state index contributed by atoms with van der Waals surface area (Å²) in [7, 11) is 0. The average molecular weight is 475 g/mol. The zero-order chi connectivity index (χ0) is 23.7. The lowest BCUT2D eigenvalue weighted by Gasteiger charge is -2.64. The zero-order valence-electron chi connectivity index (χ0n) is 19.6. The topological polar surface area (TPSA) is 93.5 Å². The molecule has 2 bridgehead atoms. The lowest BCUT2D eigenvalue weighted by Crippen LogP contribution is -2.78. The number of benzene rings is 2. The second-order valence-electron chi connectivity index (χ2n) is 11.6. The molecule has 3 aliphatic carbocycles. The summed E-state index contributed by atoms with van der Waals surface area (Å²) in [6.07, 6.45) is 3.49. The van der Waals surface area contributed by atoms with Crippen LogP contribution in [-0.4, -0.2) is 67.9 Å². The summed E-state index contributed by atoms with van der Waals surface area (Å²) in [5, 5.41) is 34.7. The van der Waals surface area contributed by atoms with Crippen molar-refractivity contribution in [2.75, 3.05) is 13.1 Å². The first-order valence-corrected chi connectivity index (χ1v) is 13.0. The van der Waals surface area contributed by atoms with Gasteiger partial charge < -0.3 is 25.0 Å². The third-order valence-corrected chi connectivity index (χ3v) is 10.1. The van der Waals surface area contributed by atoms with E-state index in [1.807, 2.05) is 18.2 Å².